The molecule has 5 nitrogen and oxygen atoms in total. The highest BCUT2D eigenvalue weighted by atomic mass is 32.1. The highest BCUT2D eigenvalue weighted by Crippen LogP contribution is 2.38. The Balaban J connectivity index is 1.35. The molecule has 2 bridgehead atoms. The minimum Gasteiger partial charge on any atom is -0.301 e. The molecular formula is C19H30N4OS. The van der Waals surface area contributed by atoms with Gasteiger partial charge in [-0.2, -0.15) is 0 Å². The van der Waals surface area contributed by atoms with Gasteiger partial charge in [0.15, 0.2) is 5.13 Å². The third-order valence-corrected chi connectivity index (χ3v) is 6.98. The second kappa shape index (κ2) is 7.72. The molecule has 2 saturated heterocycles. The number of rotatable bonds is 4. The number of carbonyl (C=O) groups is 1. The van der Waals surface area contributed by atoms with Gasteiger partial charge >= 0.3 is 0 Å². The molecule has 3 aliphatic rings. The Kier molecular flexibility index (Phi) is 5.39. The number of hydrogen-bond acceptors (Lipinski definition) is 5. The van der Waals surface area contributed by atoms with Gasteiger partial charge in [0.05, 0.1) is 6.54 Å². The molecule has 1 aliphatic carbocycles. The van der Waals surface area contributed by atoms with Crippen molar-refractivity contribution in [1.82, 2.24) is 14.8 Å². The molecule has 3 fully saturated rings. The summed E-state index contributed by atoms with van der Waals surface area (Å²) in [6.07, 6.45) is 10.0. The number of piperidine rings is 2. The lowest BCUT2D eigenvalue weighted by molar-refractivity contribution is -0.119. The molecule has 1 aromatic heterocycles. The molecule has 2 aliphatic heterocycles. The average molecular weight is 363 g/mol. The first-order valence-electron chi connectivity index (χ1n) is 9.88. The SMILES string of the molecule is Cc1cnc(NC(=O)CN2C[C@H]3CCC[C@@H](C2)C3N2CCCCC2)s1. The van der Waals surface area contributed by atoms with Crippen LogP contribution in [0.3, 0.4) is 0 Å². The Hall–Kier alpha value is -0.980. The average Bonchev–Trinajstić information content (AvgIpc) is 2.99. The molecule has 0 aromatic carbocycles. The smallest absolute Gasteiger partial charge is 0.240 e. The molecule has 1 unspecified atom stereocenters. The second-order valence-corrected chi connectivity index (χ2v) is 9.29. The van der Waals surface area contributed by atoms with Crippen molar-refractivity contribution in [3.05, 3.63) is 11.1 Å². The molecule has 25 heavy (non-hydrogen) atoms. The van der Waals surface area contributed by atoms with Crippen molar-refractivity contribution in [2.45, 2.75) is 51.5 Å². The molecule has 1 N–H and O–H groups in total. The summed E-state index contributed by atoms with van der Waals surface area (Å²) in [5.41, 5.74) is 0. The van der Waals surface area contributed by atoms with Crippen LogP contribution in [0.1, 0.15) is 43.4 Å². The number of thiazole rings is 1. The predicted molar refractivity (Wildman–Crippen MR) is 102 cm³/mol. The minimum absolute atomic E-state index is 0.0869. The maximum absolute atomic E-state index is 12.4. The number of hydrogen-bond donors (Lipinski definition) is 1. The molecule has 1 aromatic rings. The van der Waals surface area contributed by atoms with Gasteiger partial charge in [0.25, 0.3) is 0 Å². The maximum atomic E-state index is 12.4. The van der Waals surface area contributed by atoms with E-state index in [-0.39, 0.29) is 5.91 Å². The van der Waals surface area contributed by atoms with E-state index in [0.717, 1.165) is 41.0 Å². The minimum atomic E-state index is 0.0869. The largest absolute Gasteiger partial charge is 0.301 e. The van der Waals surface area contributed by atoms with Gasteiger partial charge in [0.1, 0.15) is 0 Å². The Bertz CT molecular complexity index is 584. The summed E-state index contributed by atoms with van der Waals surface area (Å²) in [6.45, 7) is 7.28. The van der Waals surface area contributed by atoms with E-state index in [1.165, 1.54) is 51.6 Å². The van der Waals surface area contributed by atoms with Crippen LogP contribution in [0.25, 0.3) is 0 Å². The molecule has 0 radical (unpaired) electrons. The summed E-state index contributed by atoms with van der Waals surface area (Å²) in [5.74, 6) is 1.59. The number of carbonyl (C=O) groups excluding carboxylic acids is 1. The number of likely N-dealkylation sites (tertiary alicyclic amines) is 2. The Morgan fingerprint density at radius 3 is 2.56 bits per heavy atom. The topological polar surface area (TPSA) is 48.5 Å². The summed E-state index contributed by atoms with van der Waals surface area (Å²) in [6, 6.07) is 0.773. The van der Waals surface area contributed by atoms with E-state index in [1.807, 2.05) is 13.1 Å². The third-order valence-electron chi connectivity index (χ3n) is 6.15. The first kappa shape index (κ1) is 17.4. The Morgan fingerprint density at radius 2 is 1.92 bits per heavy atom. The molecule has 3 heterocycles. The van der Waals surface area contributed by atoms with Crippen LogP contribution in [0, 0.1) is 18.8 Å². The molecule has 3 atom stereocenters. The highest BCUT2D eigenvalue weighted by molar-refractivity contribution is 7.15. The number of anilines is 1. The Labute approximate surface area is 154 Å². The van der Waals surface area contributed by atoms with E-state index in [2.05, 4.69) is 20.1 Å². The summed E-state index contributed by atoms with van der Waals surface area (Å²) < 4.78 is 0. The predicted octanol–water partition coefficient (Wildman–Crippen LogP) is 2.98. The van der Waals surface area contributed by atoms with Gasteiger partial charge in [-0.15, -0.1) is 11.3 Å². The van der Waals surface area contributed by atoms with Crippen LogP contribution in [0.4, 0.5) is 5.13 Å². The van der Waals surface area contributed by atoms with E-state index < -0.39 is 0 Å². The number of nitrogens with zero attached hydrogens (tertiary/aromatic N) is 3. The fourth-order valence-electron chi connectivity index (χ4n) is 5.22. The van der Waals surface area contributed by atoms with Gasteiger partial charge in [0, 0.05) is 30.2 Å². The zero-order valence-electron chi connectivity index (χ0n) is 15.2. The number of aromatic nitrogens is 1. The molecule has 6 heteroatoms. The zero-order valence-corrected chi connectivity index (χ0v) is 16.1. The summed E-state index contributed by atoms with van der Waals surface area (Å²) in [5, 5.41) is 3.69. The van der Waals surface area contributed by atoms with Crippen LogP contribution >= 0.6 is 11.3 Å². The van der Waals surface area contributed by atoms with Crippen molar-refractivity contribution >= 4 is 22.4 Å². The van der Waals surface area contributed by atoms with Crippen LogP contribution in [0.5, 0.6) is 0 Å². The number of amides is 1. The second-order valence-electron chi connectivity index (χ2n) is 8.06. The lowest BCUT2D eigenvalue weighted by Crippen LogP contribution is -2.59. The van der Waals surface area contributed by atoms with Gasteiger partial charge in [-0.25, -0.2) is 4.98 Å². The first-order chi connectivity index (χ1) is 12.2. The van der Waals surface area contributed by atoms with E-state index in [9.17, 15) is 4.79 Å². The normalized spacial score (nSPS) is 31.0. The van der Waals surface area contributed by atoms with Crippen LogP contribution in [0.15, 0.2) is 6.20 Å². The zero-order chi connectivity index (χ0) is 17.2. The standard InChI is InChI=1S/C19H30N4OS/c1-14-10-20-19(25-14)21-17(24)13-22-11-15-6-5-7-16(12-22)18(15)23-8-3-2-4-9-23/h10,15-16,18H,2-9,11-13H2,1H3,(H,20,21,24)/t15-,16+,18?. The number of aryl methyl sites for hydroxylation is 1. The number of fused-ring (bicyclic) bond motifs is 2. The molecule has 0 spiro atoms. The molecule has 1 amide bonds. The fraction of sp³-hybridized carbons (Fsp3) is 0.789. The molecule has 4 rings (SSSR count). The van der Waals surface area contributed by atoms with Crippen molar-refractivity contribution in [2.75, 3.05) is 38.0 Å². The number of nitrogens with one attached hydrogen (secondary N) is 1. The van der Waals surface area contributed by atoms with Crippen molar-refractivity contribution in [1.29, 1.82) is 0 Å². The molecule has 138 valence electrons. The van der Waals surface area contributed by atoms with Crippen LogP contribution < -0.4 is 5.32 Å². The van der Waals surface area contributed by atoms with Gasteiger partial charge in [-0.3, -0.25) is 14.6 Å². The quantitative estimate of drug-likeness (QED) is 0.895. The highest BCUT2D eigenvalue weighted by Gasteiger charge is 2.42. The molecular weight excluding hydrogens is 332 g/mol. The lowest BCUT2D eigenvalue weighted by atomic mass is 9.72. The van der Waals surface area contributed by atoms with Crippen LogP contribution in [0.2, 0.25) is 0 Å². The summed E-state index contributed by atoms with van der Waals surface area (Å²) in [4.78, 5) is 22.9. The van der Waals surface area contributed by atoms with Crippen LogP contribution in [-0.4, -0.2) is 59.5 Å². The van der Waals surface area contributed by atoms with Crippen molar-refractivity contribution in [3.8, 4) is 0 Å². The third kappa shape index (κ3) is 4.07. The van der Waals surface area contributed by atoms with E-state index >= 15 is 0 Å². The van der Waals surface area contributed by atoms with Crippen LogP contribution in [-0.2, 0) is 4.79 Å². The van der Waals surface area contributed by atoms with Gasteiger partial charge in [0.2, 0.25) is 5.91 Å². The van der Waals surface area contributed by atoms with E-state index in [0.29, 0.717) is 6.54 Å². The Morgan fingerprint density at radius 1 is 1.20 bits per heavy atom. The summed E-state index contributed by atoms with van der Waals surface area (Å²) >= 11 is 1.55. The fourth-order valence-corrected chi connectivity index (χ4v) is 5.90. The van der Waals surface area contributed by atoms with Crippen molar-refractivity contribution < 1.29 is 4.79 Å². The lowest BCUT2D eigenvalue weighted by Gasteiger charge is -2.52. The summed E-state index contributed by atoms with van der Waals surface area (Å²) in [7, 11) is 0. The van der Waals surface area contributed by atoms with Crippen molar-refractivity contribution in [2.24, 2.45) is 11.8 Å². The monoisotopic (exact) mass is 362 g/mol. The van der Waals surface area contributed by atoms with E-state index in [1.54, 1.807) is 11.3 Å². The van der Waals surface area contributed by atoms with Gasteiger partial charge in [-0.1, -0.05) is 12.8 Å². The van der Waals surface area contributed by atoms with E-state index in [4.69, 9.17) is 0 Å². The van der Waals surface area contributed by atoms with Gasteiger partial charge in [-0.05, 0) is 57.5 Å². The first-order valence-corrected chi connectivity index (χ1v) is 10.7. The maximum Gasteiger partial charge on any atom is 0.240 e. The van der Waals surface area contributed by atoms with Crippen molar-refractivity contribution in [3.63, 3.8) is 0 Å². The van der Waals surface area contributed by atoms with Gasteiger partial charge < -0.3 is 5.32 Å². The molecule has 1 saturated carbocycles.